The molecule has 0 aromatic heterocycles. The third-order valence-corrected chi connectivity index (χ3v) is 1.25. The van der Waals surface area contributed by atoms with Crippen molar-refractivity contribution in [3.63, 3.8) is 0 Å². The molecule has 0 spiro atoms. The average molecular weight is 687 g/mol. The maximum absolute atomic E-state index is 10.5. The fourth-order valence-electron chi connectivity index (χ4n) is 0.695. The van der Waals surface area contributed by atoms with E-state index < -0.39 is 0 Å². The van der Waals surface area contributed by atoms with Gasteiger partial charge in [-0.2, -0.15) is 0 Å². The van der Waals surface area contributed by atoms with Crippen molar-refractivity contribution in [2.24, 2.45) is 0 Å². The van der Waals surface area contributed by atoms with Gasteiger partial charge >= 0.3 is 42.1 Å². The summed E-state index contributed by atoms with van der Waals surface area (Å²) in [5.41, 5.74) is 0. The summed E-state index contributed by atoms with van der Waals surface area (Å²) in [6, 6.07) is 0.0648. The van der Waals surface area contributed by atoms with Crippen LogP contribution in [0.2, 0.25) is 0 Å². The molecular formula is C16H41N5OW2. The molecule has 6 nitrogen and oxygen atoms in total. The van der Waals surface area contributed by atoms with Crippen LogP contribution in [-0.2, 0) is 46.9 Å². The zero-order chi connectivity index (χ0) is 19.1. The Balaban J connectivity index is -0.0000000316. The van der Waals surface area contributed by atoms with Crippen molar-refractivity contribution >= 4 is 5.78 Å². The normalized spacial score (nSPS) is 8.96. The van der Waals surface area contributed by atoms with Gasteiger partial charge in [-0.05, 0) is 62.7 Å². The number of hydrogen-bond acceptors (Lipinski definition) is 6. The fourth-order valence-corrected chi connectivity index (χ4v) is 0.695. The molecule has 3 N–H and O–H groups in total. The van der Waals surface area contributed by atoms with Crippen LogP contribution in [0.25, 0.3) is 0 Å². The smallest absolute Gasteiger partial charge is 0.475 e. The van der Waals surface area contributed by atoms with Gasteiger partial charge in [-0.3, -0.25) is 33.0 Å². The summed E-state index contributed by atoms with van der Waals surface area (Å²) in [4.78, 5) is 14.0. The second-order valence-corrected chi connectivity index (χ2v) is 4.73. The largest absolute Gasteiger partial charge is 2.00 e. The molecule has 0 aromatic carbocycles. The average Bonchev–Trinajstić information content (AvgIpc) is 2.30. The molecule has 1 atom stereocenters. The molecule has 0 aliphatic heterocycles. The van der Waals surface area contributed by atoms with Gasteiger partial charge in [0.25, 0.3) is 0 Å². The minimum atomic E-state index is 0. The first-order valence-electron chi connectivity index (χ1n) is 7.03. The van der Waals surface area contributed by atoms with E-state index in [4.69, 9.17) is 0 Å². The van der Waals surface area contributed by atoms with Gasteiger partial charge in [-0.15, -0.1) is 0 Å². The van der Waals surface area contributed by atoms with Crippen molar-refractivity contribution in [2.75, 3.05) is 49.3 Å². The zero-order valence-corrected chi connectivity index (χ0v) is 23.1. The van der Waals surface area contributed by atoms with E-state index in [-0.39, 0.29) is 54.0 Å². The van der Waals surface area contributed by atoms with Crippen molar-refractivity contribution in [1.82, 2.24) is 25.8 Å². The van der Waals surface area contributed by atoms with Crippen LogP contribution in [0.1, 0.15) is 20.3 Å². The Labute approximate surface area is 181 Å². The van der Waals surface area contributed by atoms with Gasteiger partial charge in [-0.1, -0.05) is 6.92 Å². The summed E-state index contributed by atoms with van der Waals surface area (Å²) in [5.74, 6) is 0.218. The molecule has 0 aliphatic carbocycles. The van der Waals surface area contributed by atoms with E-state index in [9.17, 15) is 4.79 Å². The predicted molar refractivity (Wildman–Crippen MR) is 101 cm³/mol. The molecule has 0 aromatic rings. The van der Waals surface area contributed by atoms with Crippen LogP contribution in [-0.4, -0.2) is 71.0 Å². The van der Waals surface area contributed by atoms with Crippen LogP contribution in [0.15, 0.2) is 0 Å². The molecular weight excluding hydrogens is 646 g/mol. The van der Waals surface area contributed by atoms with Gasteiger partial charge in [0.1, 0.15) is 5.78 Å². The quantitative estimate of drug-likeness (QED) is 0.389. The van der Waals surface area contributed by atoms with Crippen molar-refractivity contribution in [1.29, 1.82) is 0 Å². The van der Waals surface area contributed by atoms with Crippen molar-refractivity contribution < 1.29 is 46.9 Å². The SMILES string of the molecule is CCC(NC)C(C)=O.[CH2-]N(C)C.[CH2-]N(C)C.[CH2-]NC.[CH2-]NC.[W+2].[W+2]. The third kappa shape index (κ3) is 139. The molecule has 1 unspecified atom stereocenters. The van der Waals surface area contributed by atoms with Crippen LogP contribution in [0.5, 0.6) is 0 Å². The van der Waals surface area contributed by atoms with E-state index in [0.717, 1.165) is 6.42 Å². The standard InChI is InChI=1S/C6H13NO.2C3H8N.2C2H6N.2W/c1-4-6(7-3)5(2)8;2*1-4(2)3;2*1-3-2;;/h6-7H,4H2,1-3H3;2*1H2,2-3H3;2*3H,1H2,2H3;;/q;4*-1;2*+2. The van der Waals surface area contributed by atoms with Crippen molar-refractivity contribution in [3.8, 4) is 0 Å². The number of likely N-dealkylation sites (N-methyl/N-ethyl adjacent to an activating group) is 1. The molecule has 0 bridgehead atoms. The molecule has 148 valence electrons. The number of carbonyl (C=O) groups is 1. The van der Waals surface area contributed by atoms with E-state index in [1.54, 1.807) is 37.9 Å². The minimum Gasteiger partial charge on any atom is -0.475 e. The molecule has 24 heavy (non-hydrogen) atoms. The van der Waals surface area contributed by atoms with E-state index in [1.165, 1.54) is 0 Å². The number of Topliss-reactive ketones (excluding diaryl/α,β-unsaturated/α-hetero) is 1. The van der Waals surface area contributed by atoms with Gasteiger partial charge in [0, 0.05) is 0 Å². The number of ketones is 1. The molecule has 8 heteroatoms. The number of nitrogens with one attached hydrogen (secondary N) is 3. The number of nitrogens with zero attached hydrogens (tertiary/aromatic N) is 2. The summed E-state index contributed by atoms with van der Waals surface area (Å²) in [6.45, 7) is 3.59. The van der Waals surface area contributed by atoms with Crippen molar-refractivity contribution in [2.45, 2.75) is 26.3 Å². The number of rotatable bonds is 3. The Morgan fingerprint density at radius 2 is 1.08 bits per heavy atom. The summed E-state index contributed by atoms with van der Waals surface area (Å²) < 4.78 is 0. The maximum Gasteiger partial charge on any atom is 2.00 e. The topological polar surface area (TPSA) is 59.6 Å². The molecule has 0 fully saturated rings. The molecule has 0 rings (SSSR count). The molecule has 0 heterocycles. The van der Waals surface area contributed by atoms with Gasteiger partial charge in [0.05, 0.1) is 6.04 Å². The second-order valence-electron chi connectivity index (χ2n) is 4.73. The molecule has 0 saturated carbocycles. The van der Waals surface area contributed by atoms with Crippen LogP contribution < -0.4 is 16.0 Å². The Bertz CT molecular complexity index is 168. The van der Waals surface area contributed by atoms with Crippen LogP contribution in [0, 0.1) is 28.2 Å². The van der Waals surface area contributed by atoms with E-state index in [0.29, 0.717) is 0 Å². The van der Waals surface area contributed by atoms with Gasteiger partial charge in [-0.25, -0.2) is 0 Å². The first-order valence-corrected chi connectivity index (χ1v) is 7.03. The fraction of sp³-hybridized carbons (Fsp3) is 0.688. The first kappa shape index (κ1) is 44.4. The third-order valence-electron chi connectivity index (χ3n) is 1.25. The van der Waals surface area contributed by atoms with Crippen LogP contribution in [0.3, 0.4) is 0 Å². The van der Waals surface area contributed by atoms with E-state index in [1.807, 2.05) is 35.1 Å². The summed E-state index contributed by atoms with van der Waals surface area (Å²) in [5, 5.41) is 7.90. The second kappa shape index (κ2) is 43.9. The first-order chi connectivity index (χ1) is 10.0. The maximum atomic E-state index is 10.5. The van der Waals surface area contributed by atoms with Crippen LogP contribution >= 0.6 is 0 Å². The Kier molecular flexibility index (Phi) is 81.1. The molecule has 0 aliphatic rings. The predicted octanol–water partition coefficient (Wildman–Crippen LogP) is 1.24. The van der Waals surface area contributed by atoms with Gasteiger partial charge < -0.3 is 25.8 Å². The van der Waals surface area contributed by atoms with Crippen LogP contribution in [0.4, 0.5) is 0 Å². The summed E-state index contributed by atoms with van der Waals surface area (Å²) in [7, 11) is 26.3. The zero-order valence-electron chi connectivity index (χ0n) is 17.2. The minimum absolute atomic E-state index is 0. The number of carbonyl (C=O) groups excluding carboxylic acids is 1. The molecule has 0 amide bonds. The van der Waals surface area contributed by atoms with E-state index >= 15 is 0 Å². The Morgan fingerprint density at radius 1 is 0.917 bits per heavy atom. The summed E-state index contributed by atoms with van der Waals surface area (Å²) >= 11 is 0. The number of hydrogen-bond donors (Lipinski definition) is 3. The summed E-state index contributed by atoms with van der Waals surface area (Å²) in [6.07, 6.45) is 0.881. The molecule has 0 saturated heterocycles. The monoisotopic (exact) mass is 687 g/mol. The van der Waals surface area contributed by atoms with Gasteiger partial charge in [0.15, 0.2) is 0 Å². The Morgan fingerprint density at radius 3 is 1.08 bits per heavy atom. The van der Waals surface area contributed by atoms with Crippen molar-refractivity contribution in [3.05, 3.63) is 28.2 Å². The van der Waals surface area contributed by atoms with Gasteiger partial charge in [0.2, 0.25) is 0 Å². The molecule has 0 radical (unpaired) electrons. The Hall–Kier alpha value is 0.847. The van der Waals surface area contributed by atoms with E-state index in [2.05, 4.69) is 44.1 Å².